The third-order valence-electron chi connectivity index (χ3n) is 3.35. The summed E-state index contributed by atoms with van der Waals surface area (Å²) < 4.78 is 18.4. The molecule has 1 unspecified atom stereocenters. The predicted octanol–water partition coefficient (Wildman–Crippen LogP) is 2.27. The van der Waals surface area contributed by atoms with Crippen molar-refractivity contribution in [2.75, 3.05) is 25.9 Å². The Morgan fingerprint density at radius 1 is 1.53 bits per heavy atom. The molecule has 1 aliphatic rings. The van der Waals surface area contributed by atoms with E-state index >= 15 is 0 Å². The van der Waals surface area contributed by atoms with Crippen molar-refractivity contribution < 1.29 is 9.13 Å². The zero-order chi connectivity index (χ0) is 12.3. The summed E-state index contributed by atoms with van der Waals surface area (Å²) in [5.74, 6) is 0.248. The van der Waals surface area contributed by atoms with Crippen LogP contribution in [0.5, 0.6) is 5.75 Å². The van der Waals surface area contributed by atoms with Gasteiger partial charge in [0.15, 0.2) is 0 Å². The summed E-state index contributed by atoms with van der Waals surface area (Å²) >= 11 is 0. The minimum absolute atomic E-state index is 0.328. The lowest BCUT2D eigenvalue weighted by atomic mass is 10.1. The number of hydrogen-bond donors (Lipinski definition) is 1. The second-order valence-corrected chi connectivity index (χ2v) is 4.60. The molecule has 2 N–H and O–H groups in total. The Labute approximate surface area is 101 Å². The van der Waals surface area contributed by atoms with Crippen LogP contribution in [-0.2, 0) is 0 Å². The highest BCUT2D eigenvalue weighted by molar-refractivity contribution is 5.52. The van der Waals surface area contributed by atoms with Gasteiger partial charge >= 0.3 is 0 Å². The summed E-state index contributed by atoms with van der Waals surface area (Å²) in [6.07, 6.45) is 3.49. The molecule has 0 radical (unpaired) electrons. The average Bonchev–Trinajstić information content (AvgIpc) is 2.68. The van der Waals surface area contributed by atoms with Crippen molar-refractivity contribution in [2.24, 2.45) is 0 Å². The first kappa shape index (κ1) is 12.2. The molecular weight excluding hydrogens is 219 g/mol. The molecule has 17 heavy (non-hydrogen) atoms. The van der Waals surface area contributed by atoms with E-state index in [0.717, 1.165) is 6.42 Å². The first-order valence-electron chi connectivity index (χ1n) is 6.05. The third-order valence-corrected chi connectivity index (χ3v) is 3.35. The van der Waals surface area contributed by atoms with Crippen molar-refractivity contribution in [3.8, 4) is 5.75 Å². The fraction of sp³-hybridized carbons (Fsp3) is 0.538. The molecule has 0 saturated carbocycles. The van der Waals surface area contributed by atoms with E-state index in [9.17, 15) is 4.39 Å². The van der Waals surface area contributed by atoms with Crippen molar-refractivity contribution in [1.29, 1.82) is 0 Å². The van der Waals surface area contributed by atoms with Crippen LogP contribution in [0.25, 0.3) is 0 Å². The Morgan fingerprint density at radius 3 is 3.00 bits per heavy atom. The van der Waals surface area contributed by atoms with E-state index < -0.39 is 0 Å². The highest BCUT2D eigenvalue weighted by Gasteiger charge is 2.20. The highest BCUT2D eigenvalue weighted by atomic mass is 19.1. The van der Waals surface area contributed by atoms with E-state index in [2.05, 4.69) is 11.9 Å². The standard InChI is InChI=1S/C13H19FN2O/c1-16-7-2-3-11(16)6-8-17-13-5-4-10(14)9-12(13)15/h4-5,9,11H,2-3,6-8,15H2,1H3. The molecule has 1 aromatic carbocycles. The molecule has 0 aromatic heterocycles. The van der Waals surface area contributed by atoms with Gasteiger partial charge in [0.25, 0.3) is 0 Å². The summed E-state index contributed by atoms with van der Waals surface area (Å²) in [5, 5.41) is 0. The molecule has 1 aliphatic heterocycles. The van der Waals surface area contributed by atoms with E-state index in [1.807, 2.05) is 0 Å². The molecule has 94 valence electrons. The molecule has 1 fully saturated rings. The van der Waals surface area contributed by atoms with Gasteiger partial charge in [0.1, 0.15) is 11.6 Å². The van der Waals surface area contributed by atoms with E-state index in [0.29, 0.717) is 24.1 Å². The van der Waals surface area contributed by atoms with Crippen LogP contribution >= 0.6 is 0 Å². The molecule has 1 aromatic rings. The van der Waals surface area contributed by atoms with Crippen LogP contribution in [0.15, 0.2) is 18.2 Å². The van der Waals surface area contributed by atoms with Crippen molar-refractivity contribution in [2.45, 2.75) is 25.3 Å². The molecule has 1 saturated heterocycles. The molecule has 3 nitrogen and oxygen atoms in total. The maximum atomic E-state index is 12.8. The number of benzene rings is 1. The first-order chi connectivity index (χ1) is 8.16. The second kappa shape index (κ2) is 5.36. The minimum atomic E-state index is -0.328. The van der Waals surface area contributed by atoms with Crippen LogP contribution in [0.2, 0.25) is 0 Å². The quantitative estimate of drug-likeness (QED) is 0.818. The Hall–Kier alpha value is -1.29. The SMILES string of the molecule is CN1CCCC1CCOc1ccc(F)cc1N. The zero-order valence-corrected chi connectivity index (χ0v) is 10.2. The molecule has 2 rings (SSSR count). The third kappa shape index (κ3) is 3.09. The van der Waals surface area contributed by atoms with Gasteiger partial charge in [0, 0.05) is 12.1 Å². The number of nitrogens with two attached hydrogens (primary N) is 1. The van der Waals surface area contributed by atoms with E-state index in [4.69, 9.17) is 10.5 Å². The average molecular weight is 238 g/mol. The Bertz CT molecular complexity index is 384. The van der Waals surface area contributed by atoms with Crippen LogP contribution in [0.1, 0.15) is 19.3 Å². The van der Waals surface area contributed by atoms with Crippen LogP contribution < -0.4 is 10.5 Å². The highest BCUT2D eigenvalue weighted by Crippen LogP contribution is 2.23. The van der Waals surface area contributed by atoms with Crippen molar-refractivity contribution >= 4 is 5.69 Å². The number of halogens is 1. The lowest BCUT2D eigenvalue weighted by molar-refractivity contribution is 0.234. The van der Waals surface area contributed by atoms with Gasteiger partial charge in [-0.3, -0.25) is 0 Å². The zero-order valence-electron chi connectivity index (χ0n) is 10.2. The Kier molecular flexibility index (Phi) is 3.84. The fourth-order valence-electron chi connectivity index (χ4n) is 2.30. The molecule has 0 spiro atoms. The molecule has 1 heterocycles. The fourth-order valence-corrected chi connectivity index (χ4v) is 2.30. The van der Waals surface area contributed by atoms with Crippen molar-refractivity contribution in [3.63, 3.8) is 0 Å². The van der Waals surface area contributed by atoms with Gasteiger partial charge < -0.3 is 15.4 Å². The summed E-state index contributed by atoms with van der Waals surface area (Å²) in [6.45, 7) is 1.80. The largest absolute Gasteiger partial charge is 0.491 e. The summed E-state index contributed by atoms with van der Waals surface area (Å²) in [6, 6.07) is 4.85. The molecule has 4 heteroatoms. The van der Waals surface area contributed by atoms with E-state index in [1.54, 1.807) is 6.07 Å². The van der Waals surface area contributed by atoms with Crippen LogP contribution in [-0.4, -0.2) is 31.1 Å². The van der Waals surface area contributed by atoms with Gasteiger partial charge in [-0.05, 0) is 45.0 Å². The number of anilines is 1. The lowest BCUT2D eigenvalue weighted by Crippen LogP contribution is -2.26. The van der Waals surface area contributed by atoms with Gasteiger partial charge in [-0.25, -0.2) is 4.39 Å². The normalized spacial score (nSPS) is 20.7. The van der Waals surface area contributed by atoms with E-state index in [-0.39, 0.29) is 5.82 Å². The monoisotopic (exact) mass is 238 g/mol. The van der Waals surface area contributed by atoms with Gasteiger partial charge in [0.05, 0.1) is 12.3 Å². The Balaban J connectivity index is 1.81. The molecular formula is C13H19FN2O. The number of nitrogens with zero attached hydrogens (tertiary/aromatic N) is 1. The van der Waals surface area contributed by atoms with Crippen molar-refractivity contribution in [1.82, 2.24) is 4.90 Å². The second-order valence-electron chi connectivity index (χ2n) is 4.60. The number of rotatable bonds is 4. The van der Waals surface area contributed by atoms with Gasteiger partial charge in [0.2, 0.25) is 0 Å². The molecule has 0 aliphatic carbocycles. The first-order valence-corrected chi connectivity index (χ1v) is 6.05. The van der Waals surface area contributed by atoms with Crippen LogP contribution in [0, 0.1) is 5.82 Å². The van der Waals surface area contributed by atoms with Gasteiger partial charge in [-0.1, -0.05) is 0 Å². The number of likely N-dealkylation sites (tertiary alicyclic amines) is 1. The molecule has 1 atom stereocenters. The van der Waals surface area contributed by atoms with Gasteiger partial charge in [-0.15, -0.1) is 0 Å². The smallest absolute Gasteiger partial charge is 0.142 e. The number of nitrogen functional groups attached to an aromatic ring is 1. The maximum absolute atomic E-state index is 12.8. The minimum Gasteiger partial charge on any atom is -0.491 e. The topological polar surface area (TPSA) is 38.5 Å². The number of hydrogen-bond acceptors (Lipinski definition) is 3. The van der Waals surface area contributed by atoms with Gasteiger partial charge in [-0.2, -0.15) is 0 Å². The number of ether oxygens (including phenoxy) is 1. The Morgan fingerprint density at radius 2 is 2.35 bits per heavy atom. The summed E-state index contributed by atoms with van der Waals surface area (Å²) in [7, 11) is 2.14. The molecule has 0 amide bonds. The van der Waals surface area contributed by atoms with Crippen LogP contribution in [0.4, 0.5) is 10.1 Å². The maximum Gasteiger partial charge on any atom is 0.142 e. The van der Waals surface area contributed by atoms with Crippen LogP contribution in [0.3, 0.4) is 0 Å². The summed E-state index contributed by atoms with van der Waals surface area (Å²) in [4.78, 5) is 2.36. The summed E-state index contributed by atoms with van der Waals surface area (Å²) in [5.41, 5.74) is 6.03. The lowest BCUT2D eigenvalue weighted by Gasteiger charge is -2.19. The molecule has 0 bridgehead atoms. The predicted molar refractivity (Wildman–Crippen MR) is 66.6 cm³/mol. The van der Waals surface area contributed by atoms with Crippen molar-refractivity contribution in [3.05, 3.63) is 24.0 Å². The van der Waals surface area contributed by atoms with E-state index in [1.165, 1.54) is 31.5 Å².